The number of fused-ring (bicyclic) bond motifs is 1. The van der Waals surface area contributed by atoms with E-state index < -0.39 is 6.04 Å². The Kier molecular flexibility index (Phi) is 5.54. The Hall–Kier alpha value is -2.82. The summed E-state index contributed by atoms with van der Waals surface area (Å²) < 4.78 is 0. The molecule has 6 heteroatoms. The molecule has 1 unspecified atom stereocenters. The first-order valence-electron chi connectivity index (χ1n) is 9.62. The van der Waals surface area contributed by atoms with Crippen molar-refractivity contribution >= 4 is 46.4 Å². The standard InChI is InChI=1S/C24H20Cl2N2O2/c1-15-10-12-17(13-11-15)24(30)28-16(2)23(29)27(21-8-3-4-9-22(21)28)14-18-19(25)6-5-7-20(18)26/h3-13,16H,14H2,1-2H3. The molecule has 4 rings (SSSR count). The van der Waals surface area contributed by atoms with Gasteiger partial charge in [0.05, 0.1) is 17.9 Å². The van der Waals surface area contributed by atoms with Gasteiger partial charge >= 0.3 is 0 Å². The minimum atomic E-state index is -0.671. The van der Waals surface area contributed by atoms with Crippen LogP contribution >= 0.6 is 23.2 Å². The predicted molar refractivity (Wildman–Crippen MR) is 122 cm³/mol. The van der Waals surface area contributed by atoms with Crippen molar-refractivity contribution in [3.05, 3.63) is 93.5 Å². The van der Waals surface area contributed by atoms with Gasteiger partial charge in [0.2, 0.25) is 5.91 Å². The molecule has 1 atom stereocenters. The zero-order chi connectivity index (χ0) is 21.4. The lowest BCUT2D eigenvalue weighted by atomic mass is 10.0. The number of aryl methyl sites for hydroxylation is 1. The Morgan fingerprint density at radius 1 is 0.900 bits per heavy atom. The quantitative estimate of drug-likeness (QED) is 0.511. The zero-order valence-electron chi connectivity index (χ0n) is 16.6. The lowest BCUT2D eigenvalue weighted by Crippen LogP contribution is -2.54. The Morgan fingerprint density at radius 3 is 2.13 bits per heavy atom. The van der Waals surface area contributed by atoms with E-state index in [2.05, 4.69) is 0 Å². The van der Waals surface area contributed by atoms with E-state index in [0.29, 0.717) is 32.5 Å². The summed E-state index contributed by atoms with van der Waals surface area (Å²) in [6.07, 6.45) is 0. The lowest BCUT2D eigenvalue weighted by molar-refractivity contribution is -0.119. The summed E-state index contributed by atoms with van der Waals surface area (Å²) in [5.74, 6) is -0.399. The highest BCUT2D eigenvalue weighted by Crippen LogP contribution is 2.39. The molecule has 0 radical (unpaired) electrons. The third-order valence-electron chi connectivity index (χ3n) is 5.34. The van der Waals surface area contributed by atoms with Crippen molar-refractivity contribution in [2.75, 3.05) is 9.80 Å². The molecule has 0 N–H and O–H groups in total. The molecule has 0 bridgehead atoms. The summed E-state index contributed by atoms with van der Waals surface area (Å²) in [5.41, 5.74) is 3.61. The molecule has 2 amide bonds. The number of rotatable bonds is 3. The van der Waals surface area contributed by atoms with Gasteiger partial charge in [0, 0.05) is 21.2 Å². The van der Waals surface area contributed by atoms with Gasteiger partial charge in [0.25, 0.3) is 5.91 Å². The smallest absolute Gasteiger partial charge is 0.259 e. The van der Waals surface area contributed by atoms with Crippen molar-refractivity contribution in [2.24, 2.45) is 0 Å². The second kappa shape index (κ2) is 8.13. The maximum absolute atomic E-state index is 13.4. The second-order valence-corrected chi connectivity index (χ2v) is 8.14. The van der Waals surface area contributed by atoms with E-state index in [9.17, 15) is 9.59 Å². The van der Waals surface area contributed by atoms with E-state index >= 15 is 0 Å². The number of anilines is 2. The Bertz CT molecular complexity index is 1110. The predicted octanol–water partition coefficient (Wildman–Crippen LogP) is 5.88. The normalized spacial score (nSPS) is 15.9. The second-order valence-electron chi connectivity index (χ2n) is 7.33. The van der Waals surface area contributed by atoms with Gasteiger partial charge in [-0.25, -0.2) is 0 Å². The fourth-order valence-corrected chi connectivity index (χ4v) is 4.20. The molecule has 4 nitrogen and oxygen atoms in total. The molecule has 0 spiro atoms. The van der Waals surface area contributed by atoms with Crippen molar-refractivity contribution < 1.29 is 9.59 Å². The largest absolute Gasteiger partial charge is 0.304 e. The van der Waals surface area contributed by atoms with Crippen LogP contribution in [0.3, 0.4) is 0 Å². The number of hydrogen-bond acceptors (Lipinski definition) is 2. The number of carbonyl (C=O) groups excluding carboxylic acids is 2. The number of amides is 2. The number of halogens is 2. The molecule has 0 fully saturated rings. The summed E-state index contributed by atoms with van der Waals surface area (Å²) in [7, 11) is 0. The third-order valence-corrected chi connectivity index (χ3v) is 6.05. The van der Waals surface area contributed by atoms with Crippen molar-refractivity contribution in [1.82, 2.24) is 0 Å². The fourth-order valence-electron chi connectivity index (χ4n) is 3.68. The molecule has 1 aliphatic heterocycles. The number of hydrogen-bond donors (Lipinski definition) is 0. The molecule has 0 aliphatic carbocycles. The molecule has 3 aromatic rings. The van der Waals surface area contributed by atoms with Gasteiger partial charge in [-0.15, -0.1) is 0 Å². The zero-order valence-corrected chi connectivity index (χ0v) is 18.1. The van der Waals surface area contributed by atoms with Crippen LogP contribution in [0.4, 0.5) is 11.4 Å². The first kappa shape index (κ1) is 20.5. The Balaban J connectivity index is 1.77. The molecule has 1 aliphatic rings. The molecule has 1 heterocycles. The van der Waals surface area contributed by atoms with Gasteiger partial charge < -0.3 is 4.90 Å². The van der Waals surface area contributed by atoms with Crippen LogP contribution in [-0.4, -0.2) is 17.9 Å². The highest BCUT2D eigenvalue weighted by Gasteiger charge is 2.39. The first-order chi connectivity index (χ1) is 14.4. The monoisotopic (exact) mass is 438 g/mol. The maximum atomic E-state index is 13.4. The van der Waals surface area contributed by atoms with E-state index in [0.717, 1.165) is 5.56 Å². The third kappa shape index (κ3) is 3.57. The van der Waals surface area contributed by atoms with Crippen LogP contribution in [0.15, 0.2) is 66.7 Å². The summed E-state index contributed by atoms with van der Waals surface area (Å²) in [6, 6.07) is 19.3. The molecule has 0 saturated carbocycles. The van der Waals surface area contributed by atoms with Gasteiger partial charge in [-0.05, 0) is 50.2 Å². The summed E-state index contributed by atoms with van der Waals surface area (Å²) >= 11 is 12.7. The highest BCUT2D eigenvalue weighted by molar-refractivity contribution is 6.36. The molecular formula is C24H20Cl2N2O2. The minimum absolute atomic E-state index is 0.190. The van der Waals surface area contributed by atoms with Crippen LogP contribution in [0.5, 0.6) is 0 Å². The minimum Gasteiger partial charge on any atom is -0.304 e. The van der Waals surface area contributed by atoms with Crippen LogP contribution in [0.25, 0.3) is 0 Å². The maximum Gasteiger partial charge on any atom is 0.259 e. The van der Waals surface area contributed by atoms with Gasteiger partial charge in [-0.2, -0.15) is 0 Å². The van der Waals surface area contributed by atoms with E-state index in [1.54, 1.807) is 47.1 Å². The molecule has 0 aromatic heterocycles. The van der Waals surface area contributed by atoms with Crippen LogP contribution in [0.2, 0.25) is 10.0 Å². The number of carbonyl (C=O) groups is 2. The average Bonchev–Trinajstić information content (AvgIpc) is 2.74. The molecular weight excluding hydrogens is 419 g/mol. The van der Waals surface area contributed by atoms with Crippen molar-refractivity contribution in [3.8, 4) is 0 Å². The summed E-state index contributed by atoms with van der Waals surface area (Å²) in [5, 5.41) is 0.997. The van der Waals surface area contributed by atoms with Gasteiger partial charge in [-0.1, -0.05) is 59.1 Å². The summed E-state index contributed by atoms with van der Waals surface area (Å²) in [6.45, 7) is 3.94. The Morgan fingerprint density at radius 2 is 1.50 bits per heavy atom. The first-order valence-corrected chi connectivity index (χ1v) is 10.4. The molecule has 3 aromatic carbocycles. The van der Waals surface area contributed by atoms with E-state index in [1.807, 2.05) is 43.3 Å². The number of nitrogens with zero attached hydrogens (tertiary/aromatic N) is 2. The molecule has 30 heavy (non-hydrogen) atoms. The number of para-hydroxylation sites is 2. The van der Waals surface area contributed by atoms with Gasteiger partial charge in [0.1, 0.15) is 6.04 Å². The van der Waals surface area contributed by atoms with Crippen LogP contribution in [0, 0.1) is 6.92 Å². The highest BCUT2D eigenvalue weighted by atomic mass is 35.5. The van der Waals surface area contributed by atoms with Crippen molar-refractivity contribution in [1.29, 1.82) is 0 Å². The van der Waals surface area contributed by atoms with Gasteiger partial charge in [0.15, 0.2) is 0 Å². The van der Waals surface area contributed by atoms with E-state index in [4.69, 9.17) is 23.2 Å². The SMILES string of the molecule is Cc1ccc(C(=O)N2c3ccccc3N(Cc3c(Cl)cccc3Cl)C(=O)C2C)cc1. The van der Waals surface area contributed by atoms with Crippen LogP contribution in [-0.2, 0) is 11.3 Å². The topological polar surface area (TPSA) is 40.6 Å². The fraction of sp³-hybridized carbons (Fsp3) is 0.167. The van der Waals surface area contributed by atoms with E-state index in [-0.39, 0.29) is 18.4 Å². The summed E-state index contributed by atoms with van der Waals surface area (Å²) in [4.78, 5) is 29.9. The number of benzene rings is 3. The van der Waals surface area contributed by atoms with E-state index in [1.165, 1.54) is 0 Å². The van der Waals surface area contributed by atoms with Crippen LogP contribution < -0.4 is 9.80 Å². The lowest BCUT2D eigenvalue weighted by Gasteiger charge is -2.40. The van der Waals surface area contributed by atoms with Crippen molar-refractivity contribution in [2.45, 2.75) is 26.4 Å². The van der Waals surface area contributed by atoms with Gasteiger partial charge in [-0.3, -0.25) is 14.5 Å². The van der Waals surface area contributed by atoms with Crippen molar-refractivity contribution in [3.63, 3.8) is 0 Å². The molecule has 152 valence electrons. The van der Waals surface area contributed by atoms with Crippen LogP contribution in [0.1, 0.15) is 28.4 Å². The molecule has 0 saturated heterocycles. The average molecular weight is 439 g/mol. The Labute approximate surface area is 185 Å².